The predicted molar refractivity (Wildman–Crippen MR) is 184 cm³/mol. The van der Waals surface area contributed by atoms with Crippen LogP contribution in [0.2, 0.25) is 0 Å². The largest absolute Gasteiger partial charge is 0.493 e. The number of aromatic nitrogens is 1. The Labute approximate surface area is 290 Å². The van der Waals surface area contributed by atoms with Gasteiger partial charge in [-0.15, -0.1) is 0 Å². The minimum atomic E-state index is -3.18. The van der Waals surface area contributed by atoms with Crippen molar-refractivity contribution in [2.45, 2.75) is 46.0 Å². The van der Waals surface area contributed by atoms with Crippen LogP contribution in [0.1, 0.15) is 44.2 Å². The van der Waals surface area contributed by atoms with Crippen LogP contribution in [0.3, 0.4) is 0 Å². The fraction of sp³-hybridized carbons (Fsp3) is 0.378. The molecule has 0 aliphatic heterocycles. The van der Waals surface area contributed by atoms with Crippen LogP contribution in [-0.2, 0) is 36.0 Å². The molecule has 0 amide bonds. The van der Waals surface area contributed by atoms with Crippen molar-refractivity contribution in [2.24, 2.45) is 5.41 Å². The first-order valence-electron chi connectivity index (χ1n) is 16.6. The van der Waals surface area contributed by atoms with Gasteiger partial charge >= 0.3 is 7.60 Å². The highest BCUT2D eigenvalue weighted by atomic mass is 31.2. The lowest BCUT2D eigenvalue weighted by Gasteiger charge is -2.17. The summed E-state index contributed by atoms with van der Waals surface area (Å²) < 4.78 is 69.2. The Morgan fingerprint density at radius 2 is 1.54 bits per heavy atom. The standard InChI is InChI=1S/C37H41F2N2O8P/c1-4-47-50(44,48-5-2)24-40-16-6-18-46-34-23-30-28(22-33(34)45-3)31(13-17-41-30)49-32-12-9-26(19-29(32)39)21-36(43)37(14-15-37)35(42)20-25-7-10-27(38)11-8-25/h7-13,17,19,22-23,40H,4-6,14-16,18,20-21,24H2,1-3H3. The number of ether oxygens (including phenoxy) is 3. The van der Waals surface area contributed by atoms with Crippen LogP contribution in [0.25, 0.3) is 10.9 Å². The summed E-state index contributed by atoms with van der Waals surface area (Å²) in [5.74, 6) is -0.343. The van der Waals surface area contributed by atoms with E-state index in [9.17, 15) is 18.5 Å². The molecule has 4 aromatic rings. The predicted octanol–water partition coefficient (Wildman–Crippen LogP) is 7.60. The number of carbonyl (C=O) groups excluding carboxylic acids is 2. The molecule has 5 rings (SSSR count). The van der Waals surface area contributed by atoms with Gasteiger partial charge in [0.15, 0.2) is 34.6 Å². The van der Waals surface area contributed by atoms with E-state index in [1.54, 1.807) is 38.1 Å². The van der Waals surface area contributed by atoms with E-state index in [0.29, 0.717) is 84.9 Å². The van der Waals surface area contributed by atoms with Crippen molar-refractivity contribution >= 4 is 30.1 Å². The fourth-order valence-corrected chi connectivity index (χ4v) is 7.09. The van der Waals surface area contributed by atoms with Gasteiger partial charge in [-0.2, -0.15) is 0 Å². The molecular formula is C37H41F2N2O8P. The first-order chi connectivity index (χ1) is 24.1. The van der Waals surface area contributed by atoms with Gasteiger partial charge in [-0.1, -0.05) is 18.2 Å². The van der Waals surface area contributed by atoms with Crippen molar-refractivity contribution in [1.82, 2.24) is 10.3 Å². The molecule has 3 aromatic carbocycles. The first kappa shape index (κ1) is 37.0. The van der Waals surface area contributed by atoms with E-state index in [0.717, 1.165) is 0 Å². The van der Waals surface area contributed by atoms with Crippen LogP contribution in [0.5, 0.6) is 23.0 Å². The maximum Gasteiger partial charge on any atom is 0.344 e. The number of fused-ring (bicyclic) bond motifs is 1. The van der Waals surface area contributed by atoms with E-state index in [1.165, 1.54) is 49.7 Å². The molecule has 0 radical (unpaired) electrons. The molecular weight excluding hydrogens is 669 g/mol. The number of nitrogens with zero attached hydrogens (tertiary/aromatic N) is 1. The van der Waals surface area contributed by atoms with Crippen LogP contribution < -0.4 is 19.5 Å². The van der Waals surface area contributed by atoms with E-state index in [2.05, 4.69) is 10.3 Å². The summed E-state index contributed by atoms with van der Waals surface area (Å²) in [4.78, 5) is 30.6. The Morgan fingerprint density at radius 3 is 2.18 bits per heavy atom. The number of methoxy groups -OCH3 is 1. The number of carbonyl (C=O) groups is 2. The number of benzene rings is 3. The van der Waals surface area contributed by atoms with Crippen LogP contribution in [0.15, 0.2) is 66.9 Å². The second-order valence-corrected chi connectivity index (χ2v) is 14.0. The van der Waals surface area contributed by atoms with Gasteiger partial charge in [0.2, 0.25) is 0 Å². The van der Waals surface area contributed by atoms with Crippen molar-refractivity contribution in [3.8, 4) is 23.0 Å². The Balaban J connectivity index is 1.19. The highest BCUT2D eigenvalue weighted by Crippen LogP contribution is 2.49. The van der Waals surface area contributed by atoms with Gasteiger partial charge in [0.1, 0.15) is 11.6 Å². The van der Waals surface area contributed by atoms with Gasteiger partial charge in [0, 0.05) is 30.5 Å². The van der Waals surface area contributed by atoms with Gasteiger partial charge in [-0.3, -0.25) is 19.1 Å². The maximum absolute atomic E-state index is 15.3. The summed E-state index contributed by atoms with van der Waals surface area (Å²) in [6.07, 6.45) is 3.09. The molecule has 1 saturated carbocycles. The van der Waals surface area contributed by atoms with Crippen LogP contribution >= 0.6 is 7.60 Å². The zero-order valence-electron chi connectivity index (χ0n) is 28.3. The minimum Gasteiger partial charge on any atom is -0.493 e. The van der Waals surface area contributed by atoms with Crippen LogP contribution in [0.4, 0.5) is 8.78 Å². The molecule has 1 aromatic heterocycles. The zero-order valence-corrected chi connectivity index (χ0v) is 29.2. The molecule has 0 bridgehead atoms. The Bertz CT molecular complexity index is 1860. The van der Waals surface area contributed by atoms with Crippen molar-refractivity contribution < 1.29 is 46.2 Å². The van der Waals surface area contributed by atoms with Gasteiger partial charge in [-0.25, -0.2) is 8.78 Å². The van der Waals surface area contributed by atoms with E-state index in [4.69, 9.17) is 23.3 Å². The molecule has 0 unspecified atom stereocenters. The summed E-state index contributed by atoms with van der Waals surface area (Å²) in [7, 11) is -1.67. The lowest BCUT2D eigenvalue weighted by Crippen LogP contribution is -2.28. The molecule has 10 nitrogen and oxygen atoms in total. The highest BCUT2D eigenvalue weighted by Gasteiger charge is 2.54. The molecule has 13 heteroatoms. The smallest absolute Gasteiger partial charge is 0.344 e. The number of nitrogens with one attached hydrogen (secondary N) is 1. The average Bonchev–Trinajstić information content (AvgIpc) is 3.91. The molecule has 1 N–H and O–H groups in total. The van der Waals surface area contributed by atoms with Gasteiger partial charge in [-0.05, 0) is 87.2 Å². The number of halogens is 2. The zero-order chi connectivity index (χ0) is 35.7. The van der Waals surface area contributed by atoms with E-state index in [1.807, 2.05) is 0 Å². The minimum absolute atomic E-state index is 0.0403. The number of hydrogen-bond donors (Lipinski definition) is 1. The molecule has 0 saturated heterocycles. The van der Waals surface area contributed by atoms with Gasteiger partial charge in [0.05, 0.1) is 44.1 Å². The van der Waals surface area contributed by atoms with Gasteiger partial charge < -0.3 is 28.6 Å². The Kier molecular flexibility index (Phi) is 12.3. The van der Waals surface area contributed by atoms with Crippen molar-refractivity contribution in [2.75, 3.05) is 39.8 Å². The second kappa shape index (κ2) is 16.7. The molecule has 50 heavy (non-hydrogen) atoms. The average molecular weight is 711 g/mol. The normalized spacial score (nSPS) is 13.6. The number of Topliss-reactive ketones (excluding diaryl/α,β-unsaturated/α-hetero) is 2. The number of hydrogen-bond acceptors (Lipinski definition) is 10. The number of rotatable bonds is 20. The van der Waals surface area contributed by atoms with E-state index < -0.39 is 24.6 Å². The first-order valence-corrected chi connectivity index (χ1v) is 18.3. The number of pyridine rings is 1. The van der Waals surface area contributed by atoms with Crippen LogP contribution in [0, 0.1) is 17.0 Å². The van der Waals surface area contributed by atoms with E-state index >= 15 is 4.39 Å². The van der Waals surface area contributed by atoms with Gasteiger partial charge in [0.25, 0.3) is 0 Å². The molecule has 1 heterocycles. The summed E-state index contributed by atoms with van der Waals surface area (Å²) >= 11 is 0. The van der Waals surface area contributed by atoms with Crippen molar-refractivity contribution in [1.29, 1.82) is 0 Å². The molecule has 0 spiro atoms. The Morgan fingerprint density at radius 1 is 0.860 bits per heavy atom. The third-order valence-corrected chi connectivity index (χ3v) is 10.3. The molecule has 1 fully saturated rings. The lowest BCUT2D eigenvalue weighted by molar-refractivity contribution is -0.133. The SMILES string of the molecule is CCOP(=O)(CNCCCOc1cc2nccc(Oc3ccc(CC(=O)C4(C(=O)Cc5ccc(F)cc5)CC4)cc3F)c2cc1OC)OCC. The highest BCUT2D eigenvalue weighted by molar-refractivity contribution is 7.53. The van der Waals surface area contributed by atoms with Crippen molar-refractivity contribution in [3.63, 3.8) is 0 Å². The molecule has 1 aliphatic carbocycles. The van der Waals surface area contributed by atoms with Crippen molar-refractivity contribution in [3.05, 3.63) is 89.6 Å². The summed E-state index contributed by atoms with van der Waals surface area (Å²) in [6.45, 7) is 4.97. The maximum atomic E-state index is 15.3. The summed E-state index contributed by atoms with van der Waals surface area (Å²) in [6, 6.07) is 15.0. The molecule has 1 aliphatic rings. The molecule has 0 atom stereocenters. The second-order valence-electron chi connectivity index (χ2n) is 11.9. The summed E-state index contributed by atoms with van der Waals surface area (Å²) in [5, 5.41) is 3.65. The Hall–Kier alpha value is -4.22. The topological polar surface area (TPSA) is 122 Å². The third-order valence-electron chi connectivity index (χ3n) is 8.38. The lowest BCUT2D eigenvalue weighted by atomic mass is 9.88. The molecule has 266 valence electrons. The third kappa shape index (κ3) is 9.11. The summed E-state index contributed by atoms with van der Waals surface area (Å²) in [5.41, 5.74) is 0.529. The quantitative estimate of drug-likeness (QED) is 0.0558. The fourth-order valence-electron chi connectivity index (χ4n) is 5.61. The number of ketones is 2. The monoisotopic (exact) mass is 710 g/mol. The van der Waals surface area contributed by atoms with E-state index in [-0.39, 0.29) is 36.4 Å². The van der Waals surface area contributed by atoms with Crippen LogP contribution in [-0.4, -0.2) is 56.3 Å².